The molecule has 1 fully saturated rings. The first-order valence-corrected chi connectivity index (χ1v) is 9.55. The summed E-state index contributed by atoms with van der Waals surface area (Å²) < 4.78 is 17.7. The number of nitrogens with one attached hydrogen (secondary N) is 1. The Balaban J connectivity index is 1.58. The molecule has 5 nitrogen and oxygen atoms in total. The normalized spacial score (nSPS) is 15.3. The van der Waals surface area contributed by atoms with Gasteiger partial charge in [-0.2, -0.15) is 0 Å². The smallest absolute Gasteiger partial charge is 0.161 e. The van der Waals surface area contributed by atoms with Crippen LogP contribution in [0, 0.1) is 0 Å². The summed E-state index contributed by atoms with van der Waals surface area (Å²) in [4.78, 5) is 8.31. The van der Waals surface area contributed by atoms with Crippen molar-refractivity contribution in [1.29, 1.82) is 0 Å². The topological polar surface area (TPSA) is 56.4 Å². The predicted octanol–water partition coefficient (Wildman–Crippen LogP) is 4.81. The second-order valence-corrected chi connectivity index (χ2v) is 7.27. The molecule has 1 N–H and O–H groups in total. The number of aromatic nitrogens is 2. The third kappa shape index (κ3) is 3.57. The van der Waals surface area contributed by atoms with Gasteiger partial charge in [0.05, 0.1) is 17.1 Å². The molecule has 136 valence electrons. The zero-order chi connectivity index (χ0) is 17.9. The summed E-state index contributed by atoms with van der Waals surface area (Å²) in [5.74, 6) is 3.05. The molecule has 0 aliphatic carbocycles. The minimum atomic E-state index is 0.421. The number of aromatic amines is 1. The molecule has 2 aromatic carbocycles. The Morgan fingerprint density at radius 3 is 2.65 bits per heavy atom. The molecule has 0 saturated carbocycles. The van der Waals surface area contributed by atoms with Gasteiger partial charge in [0.2, 0.25) is 0 Å². The second kappa shape index (κ2) is 7.68. The van der Waals surface area contributed by atoms with Gasteiger partial charge in [0, 0.05) is 19.1 Å². The van der Waals surface area contributed by atoms with E-state index in [1.807, 2.05) is 36.4 Å². The zero-order valence-corrected chi connectivity index (χ0v) is 16.2. The summed E-state index contributed by atoms with van der Waals surface area (Å²) in [7, 11) is 1.66. The minimum absolute atomic E-state index is 0.421. The first kappa shape index (κ1) is 17.4. The highest BCUT2D eigenvalue weighted by Gasteiger charge is 2.21. The number of fused-ring (bicyclic) bond motifs is 1. The molecule has 0 radical (unpaired) electrons. The molecule has 26 heavy (non-hydrogen) atoms. The van der Waals surface area contributed by atoms with E-state index in [0.29, 0.717) is 12.5 Å². The van der Waals surface area contributed by atoms with Crippen LogP contribution in [0.15, 0.2) is 40.9 Å². The summed E-state index contributed by atoms with van der Waals surface area (Å²) in [5, 5.41) is 0. The first-order chi connectivity index (χ1) is 12.7. The van der Waals surface area contributed by atoms with Gasteiger partial charge in [0.25, 0.3) is 0 Å². The Morgan fingerprint density at radius 1 is 1.15 bits per heavy atom. The standard InChI is InChI=1S/C20H21BrN2O3/c1-24-15-4-2-13(3-5-15)12-26-19-16(21)6-7-17-18(19)23-20(22-17)14-8-10-25-11-9-14/h2-7,14H,8-12H2,1H3,(H,22,23). The third-order valence-corrected chi connectivity index (χ3v) is 5.35. The molecule has 1 aliphatic heterocycles. The summed E-state index contributed by atoms with van der Waals surface area (Å²) in [6.07, 6.45) is 2.01. The van der Waals surface area contributed by atoms with Crippen molar-refractivity contribution in [3.63, 3.8) is 0 Å². The highest BCUT2D eigenvalue weighted by atomic mass is 79.9. The third-order valence-electron chi connectivity index (χ3n) is 4.73. The van der Waals surface area contributed by atoms with E-state index in [1.54, 1.807) is 7.11 Å². The maximum Gasteiger partial charge on any atom is 0.161 e. The van der Waals surface area contributed by atoms with Crippen LogP contribution in [0.5, 0.6) is 11.5 Å². The molecule has 1 saturated heterocycles. The van der Waals surface area contributed by atoms with E-state index in [9.17, 15) is 0 Å². The molecular formula is C20H21BrN2O3. The average molecular weight is 417 g/mol. The van der Waals surface area contributed by atoms with E-state index in [1.165, 1.54) is 0 Å². The van der Waals surface area contributed by atoms with E-state index in [0.717, 1.165) is 64.4 Å². The Hall–Kier alpha value is -2.05. The van der Waals surface area contributed by atoms with Gasteiger partial charge < -0.3 is 19.2 Å². The number of benzene rings is 2. The molecule has 0 atom stereocenters. The molecular weight excluding hydrogens is 396 g/mol. The van der Waals surface area contributed by atoms with Crippen LogP contribution in [0.4, 0.5) is 0 Å². The highest BCUT2D eigenvalue weighted by molar-refractivity contribution is 9.10. The first-order valence-electron chi connectivity index (χ1n) is 8.76. The molecule has 1 aromatic heterocycles. The van der Waals surface area contributed by atoms with Gasteiger partial charge in [-0.3, -0.25) is 0 Å². The number of ether oxygens (including phenoxy) is 3. The van der Waals surface area contributed by atoms with E-state index >= 15 is 0 Å². The lowest BCUT2D eigenvalue weighted by Crippen LogP contribution is -2.15. The maximum absolute atomic E-state index is 6.12. The summed E-state index contributed by atoms with van der Waals surface area (Å²) >= 11 is 3.60. The minimum Gasteiger partial charge on any atom is -0.497 e. The Kier molecular flexibility index (Phi) is 5.13. The van der Waals surface area contributed by atoms with Gasteiger partial charge in [0.1, 0.15) is 23.7 Å². The van der Waals surface area contributed by atoms with Crippen LogP contribution in [-0.2, 0) is 11.3 Å². The van der Waals surface area contributed by atoms with Crippen molar-refractivity contribution in [2.24, 2.45) is 0 Å². The van der Waals surface area contributed by atoms with Crippen molar-refractivity contribution in [2.45, 2.75) is 25.4 Å². The van der Waals surface area contributed by atoms with Gasteiger partial charge in [0.15, 0.2) is 5.75 Å². The number of halogens is 1. The van der Waals surface area contributed by atoms with Crippen LogP contribution in [0.2, 0.25) is 0 Å². The van der Waals surface area contributed by atoms with Crippen LogP contribution < -0.4 is 9.47 Å². The van der Waals surface area contributed by atoms with Crippen molar-refractivity contribution in [3.05, 3.63) is 52.3 Å². The molecule has 0 amide bonds. The number of imidazole rings is 1. The van der Waals surface area contributed by atoms with Crippen molar-refractivity contribution in [2.75, 3.05) is 20.3 Å². The van der Waals surface area contributed by atoms with Crippen LogP contribution >= 0.6 is 15.9 Å². The average Bonchev–Trinajstić information content (AvgIpc) is 3.13. The molecule has 6 heteroatoms. The lowest BCUT2D eigenvalue weighted by molar-refractivity contribution is 0.0838. The van der Waals surface area contributed by atoms with Gasteiger partial charge in [-0.25, -0.2) is 4.98 Å². The fourth-order valence-electron chi connectivity index (χ4n) is 3.22. The quantitative estimate of drug-likeness (QED) is 0.648. The number of hydrogen-bond donors (Lipinski definition) is 1. The SMILES string of the molecule is COc1ccc(COc2c(Br)ccc3[nH]c(C4CCOCC4)nc23)cc1. The molecule has 2 heterocycles. The van der Waals surface area contributed by atoms with Gasteiger partial charge >= 0.3 is 0 Å². The summed E-state index contributed by atoms with van der Waals surface area (Å²) in [6.45, 7) is 2.07. The van der Waals surface area contributed by atoms with Crippen molar-refractivity contribution >= 4 is 27.0 Å². The van der Waals surface area contributed by atoms with Gasteiger partial charge in [-0.15, -0.1) is 0 Å². The van der Waals surface area contributed by atoms with Crippen LogP contribution in [0.1, 0.15) is 30.1 Å². The fourth-order valence-corrected chi connectivity index (χ4v) is 3.66. The monoisotopic (exact) mass is 416 g/mol. The van der Waals surface area contributed by atoms with Gasteiger partial charge in [-0.1, -0.05) is 12.1 Å². The second-order valence-electron chi connectivity index (χ2n) is 6.42. The Labute approximate surface area is 160 Å². The van der Waals surface area contributed by atoms with Gasteiger partial charge in [-0.05, 0) is 58.6 Å². The molecule has 0 bridgehead atoms. The summed E-state index contributed by atoms with van der Waals surface area (Å²) in [5.41, 5.74) is 2.95. The number of H-pyrrole nitrogens is 1. The Morgan fingerprint density at radius 2 is 1.92 bits per heavy atom. The molecule has 3 aromatic rings. The lowest BCUT2D eigenvalue weighted by atomic mass is 10.00. The van der Waals surface area contributed by atoms with Crippen LogP contribution in [0.25, 0.3) is 11.0 Å². The zero-order valence-electron chi connectivity index (χ0n) is 14.6. The van der Waals surface area contributed by atoms with Crippen molar-refractivity contribution < 1.29 is 14.2 Å². The molecule has 4 rings (SSSR count). The highest BCUT2D eigenvalue weighted by Crippen LogP contribution is 2.35. The van der Waals surface area contributed by atoms with E-state index in [2.05, 4.69) is 20.9 Å². The van der Waals surface area contributed by atoms with Crippen molar-refractivity contribution in [3.8, 4) is 11.5 Å². The maximum atomic E-state index is 6.12. The molecule has 0 unspecified atom stereocenters. The van der Waals surface area contributed by atoms with E-state index in [-0.39, 0.29) is 0 Å². The molecule has 0 spiro atoms. The Bertz CT molecular complexity index is 886. The van der Waals surface area contributed by atoms with Crippen molar-refractivity contribution in [1.82, 2.24) is 9.97 Å². The van der Waals surface area contributed by atoms with Crippen LogP contribution in [0.3, 0.4) is 0 Å². The predicted molar refractivity (Wildman–Crippen MR) is 104 cm³/mol. The number of rotatable bonds is 5. The largest absolute Gasteiger partial charge is 0.497 e. The number of nitrogens with zero attached hydrogens (tertiary/aromatic N) is 1. The number of methoxy groups -OCH3 is 1. The van der Waals surface area contributed by atoms with E-state index < -0.39 is 0 Å². The molecule has 1 aliphatic rings. The number of hydrogen-bond acceptors (Lipinski definition) is 4. The lowest BCUT2D eigenvalue weighted by Gasteiger charge is -2.19. The fraction of sp³-hybridized carbons (Fsp3) is 0.350. The van der Waals surface area contributed by atoms with E-state index in [4.69, 9.17) is 19.2 Å². The van der Waals surface area contributed by atoms with Crippen LogP contribution in [-0.4, -0.2) is 30.3 Å². The summed E-state index contributed by atoms with van der Waals surface area (Å²) in [6, 6.07) is 11.9.